The van der Waals surface area contributed by atoms with E-state index in [4.69, 9.17) is 0 Å². The Morgan fingerprint density at radius 2 is 1.75 bits per heavy atom. The molecule has 0 aliphatic carbocycles. The Morgan fingerprint density at radius 3 is 2.45 bits per heavy atom. The average Bonchev–Trinajstić information content (AvgIpc) is 4.04. The van der Waals surface area contributed by atoms with Crippen molar-refractivity contribution in [2.24, 2.45) is 5.41 Å². The van der Waals surface area contributed by atoms with Crippen molar-refractivity contribution in [1.29, 1.82) is 0 Å². The van der Waals surface area contributed by atoms with Gasteiger partial charge in [0, 0.05) is 72.5 Å². The van der Waals surface area contributed by atoms with Crippen molar-refractivity contribution in [2.45, 2.75) is 96.1 Å². The Labute approximate surface area is 399 Å². The van der Waals surface area contributed by atoms with Crippen molar-refractivity contribution < 1.29 is 61.1 Å². The first-order chi connectivity index (χ1) is 32.5. The number of amides is 7. The number of anilines is 1. The van der Waals surface area contributed by atoms with Crippen molar-refractivity contribution in [2.75, 3.05) is 24.5 Å². The lowest BCUT2D eigenvalue weighted by molar-refractivity contribution is -0.141. The van der Waals surface area contributed by atoms with Crippen LogP contribution in [0, 0.1) is 23.1 Å². The van der Waals surface area contributed by atoms with Crippen LogP contribution in [0.2, 0.25) is 0 Å². The fraction of sp³-hybridized carbons (Fsp3) is 0.396. The molecule has 0 spiro atoms. The van der Waals surface area contributed by atoms with Gasteiger partial charge in [0.2, 0.25) is 29.5 Å². The van der Waals surface area contributed by atoms with Crippen molar-refractivity contribution >= 4 is 76.1 Å². The molecule has 0 saturated carbocycles. The highest BCUT2D eigenvalue weighted by Gasteiger charge is 2.50. The zero-order chi connectivity index (χ0) is 50.0. The van der Waals surface area contributed by atoms with E-state index in [1.807, 2.05) is 0 Å². The van der Waals surface area contributed by atoms with Gasteiger partial charge in [0.25, 0.3) is 11.8 Å². The number of carbonyl (C=O) groups excluding carboxylic acids is 7. The highest BCUT2D eigenvalue weighted by Crippen LogP contribution is 2.59. The van der Waals surface area contributed by atoms with Gasteiger partial charge in [-0.3, -0.25) is 43.4 Å². The Balaban J connectivity index is 0.965. The predicted molar refractivity (Wildman–Crippen MR) is 248 cm³/mol. The summed E-state index contributed by atoms with van der Waals surface area (Å²) in [6.07, 6.45) is 1.82. The molecule has 3 unspecified atom stereocenters. The summed E-state index contributed by atoms with van der Waals surface area (Å²) in [5, 5.41) is 8.01. The predicted octanol–water partition coefficient (Wildman–Crippen LogP) is 5.54. The molecule has 16 nitrogen and oxygen atoms in total. The molecule has 4 aromatic rings. The van der Waals surface area contributed by atoms with Crippen LogP contribution >= 0.6 is 18.9 Å². The molecule has 3 aliphatic rings. The lowest BCUT2D eigenvalue weighted by Crippen LogP contribution is -2.58. The zero-order valence-electron chi connectivity index (χ0n) is 37.9. The van der Waals surface area contributed by atoms with E-state index in [2.05, 4.69) is 27.8 Å². The minimum Gasteiger partial charge on any atom is -0.356 e. The number of hydrogen-bond acceptors (Lipinski definition) is 9. The third-order valence-electron chi connectivity index (χ3n) is 12.2. The standard InChI is InChI=1S/C48H50F3N6O10PS/c1-47(2,3)41(54-43(61)38-26-29-25-30(13-19-37(29)69-38)48(50,51)68(65,66)67)46(64)56-23-8-12-36(56)45(63)55(32-16-14-31(49)15-17-32)24-21-39(58)52-22-6-4-5-9-28-10-7-11-33-34(28)27-57(44(33)62)35-18-20-40(59)53-42(35)60/h7,10-11,13-17,19,25-26,35-36,41H,4,6,8,12,18,20-24,27H2,1-3H3,(H,52,58)(H,54,61)(H,53,59,60)(H2,65,66,67). The quantitative estimate of drug-likeness (QED) is 0.0460. The van der Waals surface area contributed by atoms with Gasteiger partial charge in [0.15, 0.2) is 0 Å². The van der Waals surface area contributed by atoms with Crippen LogP contribution in [0.4, 0.5) is 18.9 Å². The van der Waals surface area contributed by atoms with Crippen LogP contribution in [-0.2, 0) is 40.7 Å². The van der Waals surface area contributed by atoms with E-state index in [9.17, 15) is 61.1 Å². The summed E-state index contributed by atoms with van der Waals surface area (Å²) in [7, 11) is -5.85. The van der Waals surface area contributed by atoms with Gasteiger partial charge in [-0.2, -0.15) is 8.78 Å². The van der Waals surface area contributed by atoms with Gasteiger partial charge in [0.1, 0.15) is 23.9 Å². The molecular weight excluding hydrogens is 941 g/mol. The molecule has 3 aliphatic heterocycles. The first-order valence-corrected chi connectivity index (χ1v) is 24.7. The Hall–Kier alpha value is -6.39. The average molecular weight is 991 g/mol. The lowest BCUT2D eigenvalue weighted by atomic mass is 9.85. The number of nitrogens with zero attached hydrogens (tertiary/aromatic N) is 3. The SMILES string of the molecule is CC(C)(C)C(NC(=O)c1cc2cc(C(F)(F)P(=O)(O)O)ccc2s1)C(=O)N1CCCC1C(=O)N(CCC(=O)NCCCC#Cc1cccc2c1CN(C1CCC(=O)NC1=O)C2=O)c1ccc(F)cc1. The molecule has 7 amide bonds. The number of likely N-dealkylation sites (tertiary alicyclic amines) is 1. The van der Waals surface area contributed by atoms with E-state index in [0.717, 1.165) is 23.5 Å². The van der Waals surface area contributed by atoms with Crippen LogP contribution in [-0.4, -0.2) is 98.7 Å². The number of piperidine rings is 1. The van der Waals surface area contributed by atoms with Crippen LogP contribution in [0.3, 0.4) is 0 Å². The van der Waals surface area contributed by atoms with E-state index in [0.29, 0.717) is 46.3 Å². The number of hydrogen-bond donors (Lipinski definition) is 5. The van der Waals surface area contributed by atoms with Crippen LogP contribution in [0.1, 0.15) is 102 Å². The number of halogens is 3. The van der Waals surface area contributed by atoms with Gasteiger partial charge in [-0.25, -0.2) is 4.39 Å². The Bertz CT molecular complexity index is 2830. The van der Waals surface area contributed by atoms with Crippen LogP contribution in [0.25, 0.3) is 10.1 Å². The van der Waals surface area contributed by atoms with Crippen molar-refractivity contribution in [3.8, 4) is 11.8 Å². The Morgan fingerprint density at radius 1 is 1.01 bits per heavy atom. The molecule has 7 rings (SSSR count). The molecule has 1 aromatic heterocycles. The highest BCUT2D eigenvalue weighted by molar-refractivity contribution is 7.52. The summed E-state index contributed by atoms with van der Waals surface area (Å²) in [6, 6.07) is 11.7. The summed E-state index contributed by atoms with van der Waals surface area (Å²) >= 11 is 0.930. The summed E-state index contributed by atoms with van der Waals surface area (Å²) in [4.78, 5) is 116. The van der Waals surface area contributed by atoms with Crippen molar-refractivity contribution in [1.82, 2.24) is 25.8 Å². The zero-order valence-corrected chi connectivity index (χ0v) is 39.6. The van der Waals surface area contributed by atoms with E-state index < -0.39 is 71.8 Å². The number of alkyl halides is 2. The van der Waals surface area contributed by atoms with Crippen molar-refractivity contribution in [3.05, 3.63) is 99.7 Å². The topological polar surface area (TPSA) is 223 Å². The number of imide groups is 1. The Kier molecular flexibility index (Phi) is 14.8. The minimum absolute atomic E-state index is 0.0434. The molecule has 4 heterocycles. The maximum Gasteiger partial charge on any atom is 0.399 e. The number of benzene rings is 3. The molecule has 5 N–H and O–H groups in total. The molecule has 69 heavy (non-hydrogen) atoms. The van der Waals surface area contributed by atoms with Gasteiger partial charge >= 0.3 is 13.3 Å². The molecule has 0 bridgehead atoms. The molecule has 364 valence electrons. The van der Waals surface area contributed by atoms with Crippen molar-refractivity contribution in [3.63, 3.8) is 0 Å². The summed E-state index contributed by atoms with van der Waals surface area (Å²) < 4.78 is 54.9. The molecule has 0 radical (unpaired) electrons. The number of rotatable bonds is 14. The first kappa shape index (κ1) is 50.5. The molecule has 2 saturated heterocycles. The van der Waals surface area contributed by atoms with Gasteiger partial charge in [0.05, 0.1) is 4.88 Å². The van der Waals surface area contributed by atoms with Crippen LogP contribution in [0.15, 0.2) is 66.7 Å². The smallest absolute Gasteiger partial charge is 0.356 e. The number of carbonyl (C=O) groups is 7. The molecule has 2 fully saturated rings. The second-order valence-electron chi connectivity index (χ2n) is 18.1. The molecule has 3 aromatic carbocycles. The summed E-state index contributed by atoms with van der Waals surface area (Å²) in [6.45, 7) is 5.66. The van der Waals surface area contributed by atoms with Crippen LogP contribution in [0.5, 0.6) is 0 Å². The van der Waals surface area contributed by atoms with E-state index in [1.165, 1.54) is 51.1 Å². The maximum absolute atomic E-state index is 14.5. The summed E-state index contributed by atoms with van der Waals surface area (Å²) in [5.74, 6) is 2.29. The molecule has 21 heteroatoms. The van der Waals surface area contributed by atoms with Gasteiger partial charge in [-0.05, 0) is 96.6 Å². The third-order valence-corrected chi connectivity index (χ3v) is 14.3. The normalized spacial score (nSPS) is 17.8. The van der Waals surface area contributed by atoms with Gasteiger partial charge in [-0.15, -0.1) is 11.3 Å². The molecule has 3 atom stereocenters. The number of unbranched alkanes of at least 4 members (excludes halogenated alkanes) is 1. The minimum atomic E-state index is -5.85. The highest BCUT2D eigenvalue weighted by atomic mass is 32.1. The van der Waals surface area contributed by atoms with Gasteiger partial charge < -0.3 is 35.1 Å². The van der Waals surface area contributed by atoms with E-state index in [-0.39, 0.29) is 79.8 Å². The number of nitrogens with one attached hydrogen (secondary N) is 3. The van der Waals surface area contributed by atoms with Crippen LogP contribution < -0.4 is 20.9 Å². The summed E-state index contributed by atoms with van der Waals surface area (Å²) in [5.41, 5.74) is -4.20. The van der Waals surface area contributed by atoms with E-state index >= 15 is 0 Å². The monoisotopic (exact) mass is 990 g/mol. The fourth-order valence-corrected chi connectivity index (χ4v) is 9.97. The second-order valence-corrected chi connectivity index (χ2v) is 20.8. The molecular formula is C48H50F3N6O10PS. The van der Waals surface area contributed by atoms with E-state index in [1.54, 1.807) is 39.0 Å². The second kappa shape index (κ2) is 20.3. The lowest BCUT2D eigenvalue weighted by Gasteiger charge is -2.36. The first-order valence-electron chi connectivity index (χ1n) is 22.2. The third kappa shape index (κ3) is 11.1. The van der Waals surface area contributed by atoms with Gasteiger partial charge in [-0.1, -0.05) is 44.7 Å². The fourth-order valence-electron chi connectivity index (χ4n) is 8.55. The number of thiophene rings is 1. The largest absolute Gasteiger partial charge is 0.399 e. The maximum atomic E-state index is 14.5. The number of fused-ring (bicyclic) bond motifs is 2.